The Morgan fingerprint density at radius 1 is 1.44 bits per heavy atom. The molecule has 2 rings (SSSR count). The molecule has 3 nitrogen and oxygen atoms in total. The van der Waals surface area contributed by atoms with Gasteiger partial charge in [-0.1, -0.05) is 6.92 Å². The Labute approximate surface area is 98.1 Å². The lowest BCUT2D eigenvalue weighted by molar-refractivity contribution is -0.861. The molecular weight excluding hydrogens is 202 g/mol. The number of fused-ring (bicyclic) bond motifs is 2. The smallest absolute Gasteiger partial charge is 0.139 e. The highest BCUT2D eigenvalue weighted by Gasteiger charge is 2.44. The minimum atomic E-state index is 0.221. The highest BCUT2D eigenvalue weighted by molar-refractivity contribution is 5.82. The SMILES string of the molecule is CC(CC(=O)C1CC2CCC1O2)C[NH+](C)C. The molecule has 0 aromatic heterocycles. The third kappa shape index (κ3) is 2.64. The van der Waals surface area contributed by atoms with Gasteiger partial charge in [0.15, 0.2) is 0 Å². The van der Waals surface area contributed by atoms with Gasteiger partial charge in [0.05, 0.1) is 32.8 Å². The summed E-state index contributed by atoms with van der Waals surface area (Å²) in [5.74, 6) is 1.16. The largest absolute Gasteiger partial charge is 0.374 e. The molecule has 0 radical (unpaired) electrons. The van der Waals surface area contributed by atoms with Gasteiger partial charge in [0.2, 0.25) is 0 Å². The molecular formula is C13H24NO2+. The highest BCUT2D eigenvalue weighted by atomic mass is 16.5. The third-order valence-corrected chi connectivity index (χ3v) is 3.83. The van der Waals surface area contributed by atoms with E-state index in [1.54, 1.807) is 0 Å². The van der Waals surface area contributed by atoms with Crippen LogP contribution in [0.2, 0.25) is 0 Å². The van der Waals surface area contributed by atoms with E-state index in [4.69, 9.17) is 4.74 Å². The molecule has 16 heavy (non-hydrogen) atoms. The van der Waals surface area contributed by atoms with Crippen LogP contribution in [-0.2, 0) is 9.53 Å². The molecule has 2 bridgehead atoms. The van der Waals surface area contributed by atoms with Gasteiger partial charge in [-0.3, -0.25) is 4.79 Å². The number of hydrogen-bond donors (Lipinski definition) is 1. The summed E-state index contributed by atoms with van der Waals surface area (Å²) < 4.78 is 5.74. The lowest BCUT2D eigenvalue weighted by Gasteiger charge is -2.20. The number of quaternary nitrogens is 1. The Morgan fingerprint density at radius 3 is 2.69 bits per heavy atom. The van der Waals surface area contributed by atoms with Crippen molar-refractivity contribution < 1.29 is 14.4 Å². The van der Waals surface area contributed by atoms with E-state index in [0.29, 0.717) is 17.8 Å². The predicted octanol–water partition coefficient (Wildman–Crippen LogP) is 0.294. The van der Waals surface area contributed by atoms with E-state index in [1.165, 1.54) is 11.3 Å². The van der Waals surface area contributed by atoms with E-state index < -0.39 is 0 Å². The molecule has 1 N–H and O–H groups in total. The average molecular weight is 226 g/mol. The van der Waals surface area contributed by atoms with Crippen LogP contribution in [0.1, 0.15) is 32.6 Å². The molecule has 0 amide bonds. The standard InChI is InChI=1S/C13H23NO2/c1-9(8-14(2)3)6-12(15)11-7-10-4-5-13(11)16-10/h9-11,13H,4-8H2,1-3H3/p+1. The first-order valence-corrected chi connectivity index (χ1v) is 6.53. The van der Waals surface area contributed by atoms with E-state index in [9.17, 15) is 4.79 Å². The van der Waals surface area contributed by atoms with Gasteiger partial charge >= 0.3 is 0 Å². The second-order valence-electron chi connectivity index (χ2n) is 5.90. The number of nitrogens with one attached hydrogen (secondary N) is 1. The Bertz CT molecular complexity index is 265. The quantitative estimate of drug-likeness (QED) is 0.730. The van der Waals surface area contributed by atoms with Crippen molar-refractivity contribution in [2.45, 2.75) is 44.8 Å². The van der Waals surface area contributed by atoms with Gasteiger partial charge in [-0.25, -0.2) is 0 Å². The first-order valence-electron chi connectivity index (χ1n) is 6.53. The fourth-order valence-corrected chi connectivity index (χ4v) is 3.24. The number of carbonyl (C=O) groups is 1. The number of ketones is 1. The molecule has 3 heteroatoms. The second-order valence-corrected chi connectivity index (χ2v) is 5.90. The zero-order chi connectivity index (χ0) is 11.7. The minimum Gasteiger partial charge on any atom is -0.374 e. The predicted molar refractivity (Wildman–Crippen MR) is 62.5 cm³/mol. The maximum atomic E-state index is 12.1. The van der Waals surface area contributed by atoms with Gasteiger partial charge in [0.25, 0.3) is 0 Å². The zero-order valence-corrected chi connectivity index (χ0v) is 10.7. The summed E-state index contributed by atoms with van der Waals surface area (Å²) in [7, 11) is 4.28. The minimum absolute atomic E-state index is 0.221. The van der Waals surface area contributed by atoms with Crippen LogP contribution in [0.4, 0.5) is 0 Å². The van der Waals surface area contributed by atoms with Crippen LogP contribution in [0.5, 0.6) is 0 Å². The molecule has 2 saturated heterocycles. The van der Waals surface area contributed by atoms with Crippen LogP contribution in [0, 0.1) is 11.8 Å². The molecule has 2 fully saturated rings. The monoisotopic (exact) mass is 226 g/mol. The van der Waals surface area contributed by atoms with E-state index >= 15 is 0 Å². The first-order chi connectivity index (χ1) is 7.56. The van der Waals surface area contributed by atoms with Crippen molar-refractivity contribution in [3.63, 3.8) is 0 Å². The Hall–Kier alpha value is -0.410. The molecule has 2 aliphatic rings. The normalized spacial score (nSPS) is 34.6. The molecule has 2 aliphatic heterocycles. The third-order valence-electron chi connectivity index (χ3n) is 3.83. The lowest BCUT2D eigenvalue weighted by atomic mass is 9.83. The lowest BCUT2D eigenvalue weighted by Crippen LogP contribution is -3.06. The highest BCUT2D eigenvalue weighted by Crippen LogP contribution is 2.39. The molecule has 0 aromatic carbocycles. The summed E-state index contributed by atoms with van der Waals surface area (Å²) in [4.78, 5) is 13.6. The van der Waals surface area contributed by atoms with Gasteiger partial charge < -0.3 is 9.64 Å². The Kier molecular flexibility index (Phi) is 3.65. The van der Waals surface area contributed by atoms with E-state index in [0.717, 1.165) is 25.8 Å². The zero-order valence-electron chi connectivity index (χ0n) is 10.7. The first kappa shape index (κ1) is 12.1. The van der Waals surface area contributed by atoms with Gasteiger partial charge in [0.1, 0.15) is 5.78 Å². The molecule has 2 heterocycles. The van der Waals surface area contributed by atoms with Crippen molar-refractivity contribution in [3.8, 4) is 0 Å². The molecule has 0 aromatic rings. The van der Waals surface area contributed by atoms with Crippen LogP contribution in [0.25, 0.3) is 0 Å². The van der Waals surface area contributed by atoms with Crippen LogP contribution in [0.3, 0.4) is 0 Å². The van der Waals surface area contributed by atoms with Gasteiger partial charge in [-0.15, -0.1) is 0 Å². The summed E-state index contributed by atoms with van der Waals surface area (Å²) in [6, 6.07) is 0. The van der Waals surface area contributed by atoms with Gasteiger partial charge in [-0.05, 0) is 19.3 Å². The molecule has 92 valence electrons. The summed E-state index contributed by atoms with van der Waals surface area (Å²) in [5.41, 5.74) is 0. The summed E-state index contributed by atoms with van der Waals surface area (Å²) in [6.07, 6.45) is 4.67. The number of hydrogen-bond acceptors (Lipinski definition) is 2. The summed E-state index contributed by atoms with van der Waals surface area (Å²) >= 11 is 0. The van der Waals surface area contributed by atoms with E-state index in [1.807, 2.05) is 0 Å². The van der Waals surface area contributed by atoms with Crippen LogP contribution in [-0.4, -0.2) is 38.6 Å². The van der Waals surface area contributed by atoms with Crippen LogP contribution >= 0.6 is 0 Å². The summed E-state index contributed by atoms with van der Waals surface area (Å²) in [5, 5.41) is 0. The maximum Gasteiger partial charge on any atom is 0.139 e. The van der Waals surface area contributed by atoms with Crippen molar-refractivity contribution in [2.75, 3.05) is 20.6 Å². The average Bonchev–Trinajstić information content (AvgIpc) is 2.76. The summed E-state index contributed by atoms with van der Waals surface area (Å²) in [6.45, 7) is 3.26. The Balaban J connectivity index is 1.80. The molecule has 0 aliphatic carbocycles. The molecule has 4 atom stereocenters. The maximum absolute atomic E-state index is 12.1. The number of rotatable bonds is 5. The fraction of sp³-hybridized carbons (Fsp3) is 0.923. The van der Waals surface area contributed by atoms with Crippen molar-refractivity contribution in [2.24, 2.45) is 11.8 Å². The van der Waals surface area contributed by atoms with Crippen molar-refractivity contribution in [1.82, 2.24) is 0 Å². The molecule has 4 unspecified atom stereocenters. The van der Waals surface area contributed by atoms with Crippen molar-refractivity contribution >= 4 is 5.78 Å². The number of carbonyl (C=O) groups excluding carboxylic acids is 1. The Morgan fingerprint density at radius 2 is 2.19 bits per heavy atom. The van der Waals surface area contributed by atoms with Crippen molar-refractivity contribution in [3.05, 3.63) is 0 Å². The van der Waals surface area contributed by atoms with E-state index in [-0.39, 0.29) is 12.0 Å². The molecule has 0 spiro atoms. The van der Waals surface area contributed by atoms with E-state index in [2.05, 4.69) is 21.0 Å². The van der Waals surface area contributed by atoms with Crippen LogP contribution in [0.15, 0.2) is 0 Å². The molecule has 0 saturated carbocycles. The second kappa shape index (κ2) is 4.84. The fourth-order valence-electron chi connectivity index (χ4n) is 3.24. The topological polar surface area (TPSA) is 30.7 Å². The number of Topliss-reactive ketones (excluding diaryl/α,β-unsaturated/α-hetero) is 1. The number of ether oxygens (including phenoxy) is 1. The van der Waals surface area contributed by atoms with Crippen LogP contribution < -0.4 is 4.90 Å². The van der Waals surface area contributed by atoms with Gasteiger partial charge in [0, 0.05) is 18.3 Å². The van der Waals surface area contributed by atoms with Crippen molar-refractivity contribution in [1.29, 1.82) is 0 Å². The van der Waals surface area contributed by atoms with Gasteiger partial charge in [-0.2, -0.15) is 0 Å².